The third-order valence-corrected chi connectivity index (χ3v) is 3.82. The van der Waals surface area contributed by atoms with E-state index in [0.717, 1.165) is 12.8 Å². The Balaban J connectivity index is 2.39. The van der Waals surface area contributed by atoms with E-state index in [1.165, 1.54) is 9.13 Å². The Labute approximate surface area is 128 Å². The number of imidazole rings is 1. The second kappa shape index (κ2) is 6.91. The number of aryl methyl sites for hydroxylation is 2. The minimum atomic E-state index is -0.354. The zero-order valence-corrected chi connectivity index (χ0v) is 13.4. The summed E-state index contributed by atoms with van der Waals surface area (Å²) in [5.41, 5.74) is 0.306. The zero-order chi connectivity index (χ0) is 16.3. The monoisotopic (exact) mass is 308 g/mol. The van der Waals surface area contributed by atoms with Crippen LogP contribution in [-0.4, -0.2) is 29.9 Å². The molecule has 0 aromatic carbocycles. The molecule has 0 amide bonds. The van der Waals surface area contributed by atoms with E-state index in [1.54, 1.807) is 20.3 Å². The molecule has 2 aromatic rings. The Morgan fingerprint density at radius 3 is 2.64 bits per heavy atom. The molecular weight excluding hydrogens is 284 g/mol. The van der Waals surface area contributed by atoms with Crippen molar-refractivity contribution in [2.24, 2.45) is 7.05 Å². The predicted octanol–water partition coefficient (Wildman–Crippen LogP) is 0.858. The molecule has 2 rings (SSSR count). The first-order valence-electron chi connectivity index (χ1n) is 7.80. The maximum absolute atomic E-state index is 12.6. The third kappa shape index (κ3) is 3.14. The molecule has 0 aliphatic carbocycles. The van der Waals surface area contributed by atoms with Crippen molar-refractivity contribution in [1.82, 2.24) is 18.7 Å². The highest BCUT2D eigenvalue weighted by Crippen LogP contribution is 2.07. The van der Waals surface area contributed by atoms with Gasteiger partial charge in [-0.3, -0.25) is 13.9 Å². The van der Waals surface area contributed by atoms with E-state index < -0.39 is 0 Å². The summed E-state index contributed by atoms with van der Waals surface area (Å²) in [6.07, 6.45) is 4.29. The third-order valence-electron chi connectivity index (χ3n) is 3.82. The van der Waals surface area contributed by atoms with E-state index >= 15 is 0 Å². The number of hydrogen-bond donors (Lipinski definition) is 1. The van der Waals surface area contributed by atoms with Crippen LogP contribution in [0.25, 0.3) is 11.2 Å². The van der Waals surface area contributed by atoms with Gasteiger partial charge in [0.15, 0.2) is 11.2 Å². The first kappa shape index (κ1) is 16.5. The van der Waals surface area contributed by atoms with Crippen LogP contribution in [0.1, 0.15) is 39.5 Å². The number of hydrogen-bond acceptors (Lipinski definition) is 4. The van der Waals surface area contributed by atoms with Gasteiger partial charge >= 0.3 is 5.69 Å². The van der Waals surface area contributed by atoms with Gasteiger partial charge in [0.25, 0.3) is 5.56 Å². The normalized spacial score (nSPS) is 12.9. The average Bonchev–Trinajstić information content (AvgIpc) is 2.88. The molecule has 0 unspecified atom stereocenters. The lowest BCUT2D eigenvalue weighted by atomic mass is 10.2. The van der Waals surface area contributed by atoms with Gasteiger partial charge in [0.2, 0.25) is 0 Å². The van der Waals surface area contributed by atoms with Gasteiger partial charge < -0.3 is 9.67 Å². The van der Waals surface area contributed by atoms with Gasteiger partial charge in [0, 0.05) is 20.1 Å². The highest BCUT2D eigenvalue weighted by atomic mass is 16.3. The second-order valence-electron chi connectivity index (χ2n) is 5.75. The maximum Gasteiger partial charge on any atom is 0.332 e. The van der Waals surface area contributed by atoms with Crippen molar-refractivity contribution in [2.75, 3.05) is 0 Å². The summed E-state index contributed by atoms with van der Waals surface area (Å²) < 4.78 is 4.51. The average molecular weight is 308 g/mol. The van der Waals surface area contributed by atoms with Gasteiger partial charge in [-0.1, -0.05) is 6.92 Å². The lowest BCUT2D eigenvalue weighted by Crippen LogP contribution is -2.39. The minimum Gasteiger partial charge on any atom is -0.393 e. The molecule has 122 valence electrons. The number of aliphatic hydroxyl groups excluding tert-OH is 1. The molecule has 1 atom stereocenters. The number of aliphatic hydroxyl groups is 1. The minimum absolute atomic E-state index is 0.277. The van der Waals surface area contributed by atoms with Gasteiger partial charge in [-0.05, 0) is 32.6 Å². The summed E-state index contributed by atoms with van der Waals surface area (Å²) in [6.45, 7) is 4.83. The number of fused-ring (bicyclic) bond motifs is 1. The molecule has 0 fully saturated rings. The van der Waals surface area contributed by atoms with Crippen molar-refractivity contribution in [3.8, 4) is 0 Å². The molecule has 22 heavy (non-hydrogen) atoms. The topological polar surface area (TPSA) is 82.1 Å². The van der Waals surface area contributed by atoms with Crippen molar-refractivity contribution in [1.29, 1.82) is 0 Å². The summed E-state index contributed by atoms with van der Waals surface area (Å²) in [5.74, 6) is 0. The maximum atomic E-state index is 12.6. The number of nitrogens with zero attached hydrogens (tertiary/aromatic N) is 4. The van der Waals surface area contributed by atoms with E-state index in [0.29, 0.717) is 37.1 Å². The van der Waals surface area contributed by atoms with Crippen LogP contribution in [0.5, 0.6) is 0 Å². The van der Waals surface area contributed by atoms with Crippen molar-refractivity contribution in [3.05, 3.63) is 27.2 Å². The first-order chi connectivity index (χ1) is 10.5. The molecule has 1 N–H and O–H groups in total. The van der Waals surface area contributed by atoms with Crippen LogP contribution < -0.4 is 11.2 Å². The molecule has 7 nitrogen and oxygen atoms in total. The quantitative estimate of drug-likeness (QED) is 0.769. The van der Waals surface area contributed by atoms with Crippen molar-refractivity contribution < 1.29 is 5.11 Å². The summed E-state index contributed by atoms with van der Waals surface area (Å²) in [5, 5.41) is 9.27. The van der Waals surface area contributed by atoms with E-state index in [-0.39, 0.29) is 17.4 Å². The molecule has 2 heterocycles. The van der Waals surface area contributed by atoms with Gasteiger partial charge in [-0.25, -0.2) is 9.78 Å². The van der Waals surface area contributed by atoms with Crippen LogP contribution in [0.4, 0.5) is 0 Å². The van der Waals surface area contributed by atoms with Crippen LogP contribution >= 0.6 is 0 Å². The number of aromatic nitrogens is 4. The fraction of sp³-hybridized carbons (Fsp3) is 0.667. The van der Waals surface area contributed by atoms with E-state index in [4.69, 9.17) is 0 Å². The molecule has 0 spiro atoms. The Bertz CT molecular complexity index is 754. The Morgan fingerprint density at radius 1 is 1.27 bits per heavy atom. The first-order valence-corrected chi connectivity index (χ1v) is 7.80. The molecular formula is C15H24N4O3. The Kier molecular flexibility index (Phi) is 5.18. The molecule has 0 aliphatic heterocycles. The molecule has 0 bridgehead atoms. The summed E-state index contributed by atoms with van der Waals surface area (Å²) in [7, 11) is 1.64. The molecule has 2 aromatic heterocycles. The van der Waals surface area contributed by atoms with Gasteiger partial charge in [-0.2, -0.15) is 0 Å². The Hall–Kier alpha value is -1.89. The number of rotatable bonds is 7. The molecule has 0 radical (unpaired) electrons. The molecule has 0 saturated heterocycles. The second-order valence-corrected chi connectivity index (χ2v) is 5.75. The molecule has 7 heteroatoms. The van der Waals surface area contributed by atoms with E-state index in [9.17, 15) is 14.7 Å². The fourth-order valence-electron chi connectivity index (χ4n) is 2.64. The molecule has 0 aliphatic rings. The van der Waals surface area contributed by atoms with Gasteiger partial charge in [0.05, 0.1) is 12.4 Å². The van der Waals surface area contributed by atoms with Crippen molar-refractivity contribution in [2.45, 2.75) is 58.7 Å². The largest absolute Gasteiger partial charge is 0.393 e. The van der Waals surface area contributed by atoms with Gasteiger partial charge in [-0.15, -0.1) is 0 Å². The van der Waals surface area contributed by atoms with Crippen LogP contribution in [0.2, 0.25) is 0 Å². The standard InChI is InChI=1S/C15H24N4O3/c1-4-8-18-10-16-13-12(18)14(21)19(15(22)17(13)3)9-6-5-7-11(2)20/h10-11,20H,4-9H2,1-3H3/t11-/m1/s1. The smallest absolute Gasteiger partial charge is 0.332 e. The highest BCUT2D eigenvalue weighted by molar-refractivity contribution is 5.69. The lowest BCUT2D eigenvalue weighted by molar-refractivity contribution is 0.180. The van der Waals surface area contributed by atoms with Crippen LogP contribution in [0.3, 0.4) is 0 Å². The summed E-state index contributed by atoms with van der Waals surface area (Å²) in [6, 6.07) is 0. The van der Waals surface area contributed by atoms with E-state index in [1.807, 2.05) is 11.5 Å². The number of unbranched alkanes of at least 4 members (excludes halogenated alkanes) is 1. The van der Waals surface area contributed by atoms with Crippen LogP contribution in [0, 0.1) is 0 Å². The fourth-order valence-corrected chi connectivity index (χ4v) is 2.64. The van der Waals surface area contributed by atoms with Gasteiger partial charge in [0.1, 0.15) is 0 Å². The van der Waals surface area contributed by atoms with Crippen molar-refractivity contribution >= 4 is 11.2 Å². The molecule has 0 saturated carbocycles. The lowest BCUT2D eigenvalue weighted by Gasteiger charge is -2.10. The van der Waals surface area contributed by atoms with Crippen molar-refractivity contribution in [3.63, 3.8) is 0 Å². The summed E-state index contributed by atoms with van der Waals surface area (Å²) in [4.78, 5) is 29.2. The highest BCUT2D eigenvalue weighted by Gasteiger charge is 2.15. The SMILES string of the molecule is CCCn1cnc2c1c(=O)n(CCCC[C@@H](C)O)c(=O)n2C. The van der Waals surface area contributed by atoms with Crippen LogP contribution in [0.15, 0.2) is 15.9 Å². The van der Waals surface area contributed by atoms with E-state index in [2.05, 4.69) is 4.98 Å². The van der Waals surface area contributed by atoms with Crippen LogP contribution in [-0.2, 0) is 20.1 Å². The summed E-state index contributed by atoms with van der Waals surface area (Å²) >= 11 is 0. The Morgan fingerprint density at radius 2 is 2.00 bits per heavy atom. The zero-order valence-electron chi connectivity index (χ0n) is 13.4. The predicted molar refractivity (Wildman–Crippen MR) is 85.1 cm³/mol.